The summed E-state index contributed by atoms with van der Waals surface area (Å²) in [4.78, 5) is 12.4. The third-order valence-electron chi connectivity index (χ3n) is 3.89. The Balaban J connectivity index is 1.74. The highest BCUT2D eigenvalue weighted by molar-refractivity contribution is 5.94. The number of nitrogens with one attached hydrogen (secondary N) is 1. The van der Waals surface area contributed by atoms with Gasteiger partial charge in [0.1, 0.15) is 5.75 Å². The van der Waals surface area contributed by atoms with Crippen LogP contribution in [0.5, 0.6) is 5.75 Å². The Kier molecular flexibility index (Phi) is 3.91. The molecule has 1 atom stereocenters. The Morgan fingerprint density at radius 1 is 1.10 bits per heavy atom. The largest absolute Gasteiger partial charge is 0.497 e. The Labute approximate surface area is 124 Å². The molecule has 0 spiro atoms. The minimum atomic E-state index is -0.0293. The van der Waals surface area contributed by atoms with Crippen molar-refractivity contribution in [1.29, 1.82) is 0 Å². The van der Waals surface area contributed by atoms with Gasteiger partial charge in [-0.2, -0.15) is 0 Å². The van der Waals surface area contributed by atoms with E-state index in [0.717, 1.165) is 5.75 Å². The summed E-state index contributed by atoms with van der Waals surface area (Å²) in [6, 6.07) is 17.5. The first kappa shape index (κ1) is 13.7. The Morgan fingerprint density at radius 3 is 2.33 bits per heavy atom. The van der Waals surface area contributed by atoms with Gasteiger partial charge in [0, 0.05) is 5.56 Å². The van der Waals surface area contributed by atoms with Gasteiger partial charge in [0.05, 0.1) is 13.2 Å². The van der Waals surface area contributed by atoms with Crippen molar-refractivity contribution in [2.24, 2.45) is 5.92 Å². The van der Waals surface area contributed by atoms with Gasteiger partial charge in [-0.3, -0.25) is 4.79 Å². The predicted molar refractivity (Wildman–Crippen MR) is 82.4 cm³/mol. The lowest BCUT2D eigenvalue weighted by Crippen LogP contribution is -2.29. The number of hydrogen-bond donors (Lipinski definition) is 1. The van der Waals surface area contributed by atoms with Crippen LogP contribution >= 0.6 is 0 Å². The second kappa shape index (κ2) is 6.00. The predicted octanol–water partition coefficient (Wildman–Crippen LogP) is 3.58. The quantitative estimate of drug-likeness (QED) is 0.909. The summed E-state index contributed by atoms with van der Waals surface area (Å²) in [5.74, 6) is 1.29. The Hall–Kier alpha value is -2.29. The molecule has 0 bridgehead atoms. The zero-order valence-electron chi connectivity index (χ0n) is 12.1. The van der Waals surface area contributed by atoms with E-state index in [4.69, 9.17) is 4.74 Å². The van der Waals surface area contributed by atoms with Gasteiger partial charge in [-0.05, 0) is 48.6 Å². The number of rotatable bonds is 5. The monoisotopic (exact) mass is 281 g/mol. The number of carbonyl (C=O) groups is 1. The highest BCUT2D eigenvalue weighted by Crippen LogP contribution is 2.41. The van der Waals surface area contributed by atoms with Crippen molar-refractivity contribution in [1.82, 2.24) is 5.32 Å². The lowest BCUT2D eigenvalue weighted by atomic mass is 10.0. The third-order valence-corrected chi connectivity index (χ3v) is 3.89. The van der Waals surface area contributed by atoms with Crippen molar-refractivity contribution in [3.05, 3.63) is 65.7 Å². The SMILES string of the molecule is COc1ccc(C(=O)N[C@H](c2ccccc2)C2CC2)cc1. The second-order valence-corrected chi connectivity index (χ2v) is 5.43. The van der Waals surface area contributed by atoms with Crippen LogP contribution in [0, 0.1) is 5.92 Å². The zero-order chi connectivity index (χ0) is 14.7. The smallest absolute Gasteiger partial charge is 0.251 e. The van der Waals surface area contributed by atoms with E-state index < -0.39 is 0 Å². The molecule has 1 amide bonds. The maximum Gasteiger partial charge on any atom is 0.251 e. The summed E-state index contributed by atoms with van der Waals surface area (Å²) in [5, 5.41) is 3.17. The minimum absolute atomic E-state index is 0.0293. The summed E-state index contributed by atoms with van der Waals surface area (Å²) >= 11 is 0. The number of ether oxygens (including phenoxy) is 1. The highest BCUT2D eigenvalue weighted by Gasteiger charge is 2.33. The molecule has 1 N–H and O–H groups in total. The molecule has 1 saturated carbocycles. The average molecular weight is 281 g/mol. The van der Waals surface area contributed by atoms with E-state index in [0.29, 0.717) is 11.5 Å². The molecule has 0 heterocycles. The summed E-state index contributed by atoms with van der Waals surface area (Å²) < 4.78 is 5.12. The van der Waals surface area contributed by atoms with E-state index in [2.05, 4.69) is 17.4 Å². The number of benzene rings is 2. The van der Waals surface area contributed by atoms with E-state index in [9.17, 15) is 4.79 Å². The van der Waals surface area contributed by atoms with Crippen LogP contribution in [0.3, 0.4) is 0 Å². The minimum Gasteiger partial charge on any atom is -0.497 e. The molecule has 3 nitrogen and oxygen atoms in total. The van der Waals surface area contributed by atoms with Gasteiger partial charge >= 0.3 is 0 Å². The van der Waals surface area contributed by atoms with E-state index in [1.807, 2.05) is 30.3 Å². The Bertz CT molecular complexity index is 603. The molecule has 1 aliphatic carbocycles. The molecule has 1 aliphatic rings. The fourth-order valence-corrected chi connectivity index (χ4v) is 2.53. The van der Waals surface area contributed by atoms with E-state index in [1.54, 1.807) is 19.2 Å². The molecule has 0 unspecified atom stereocenters. The van der Waals surface area contributed by atoms with Gasteiger partial charge in [0.25, 0.3) is 5.91 Å². The molecule has 3 heteroatoms. The first-order valence-electron chi connectivity index (χ1n) is 7.28. The molecule has 2 aromatic carbocycles. The van der Waals surface area contributed by atoms with Crippen molar-refractivity contribution >= 4 is 5.91 Å². The van der Waals surface area contributed by atoms with Crippen LogP contribution in [0.1, 0.15) is 34.8 Å². The second-order valence-electron chi connectivity index (χ2n) is 5.43. The van der Waals surface area contributed by atoms with Crippen molar-refractivity contribution in [3.8, 4) is 5.75 Å². The van der Waals surface area contributed by atoms with Crippen LogP contribution in [-0.2, 0) is 0 Å². The molecule has 0 saturated heterocycles. The molecule has 0 aromatic heterocycles. The molecule has 1 fully saturated rings. The molecular weight excluding hydrogens is 262 g/mol. The van der Waals surface area contributed by atoms with E-state index >= 15 is 0 Å². The highest BCUT2D eigenvalue weighted by atomic mass is 16.5. The fourth-order valence-electron chi connectivity index (χ4n) is 2.53. The first-order chi connectivity index (χ1) is 10.3. The number of methoxy groups -OCH3 is 1. The molecule has 0 radical (unpaired) electrons. The van der Waals surface area contributed by atoms with Gasteiger partial charge in [-0.1, -0.05) is 30.3 Å². The van der Waals surface area contributed by atoms with Crippen LogP contribution < -0.4 is 10.1 Å². The van der Waals surface area contributed by atoms with Gasteiger partial charge < -0.3 is 10.1 Å². The lowest BCUT2D eigenvalue weighted by molar-refractivity contribution is 0.0931. The number of amides is 1. The Morgan fingerprint density at radius 2 is 1.76 bits per heavy atom. The van der Waals surface area contributed by atoms with Crippen LogP contribution in [0.25, 0.3) is 0 Å². The summed E-state index contributed by atoms with van der Waals surface area (Å²) in [6.07, 6.45) is 2.37. The number of hydrogen-bond acceptors (Lipinski definition) is 2. The van der Waals surface area contributed by atoms with E-state index in [1.165, 1.54) is 18.4 Å². The maximum atomic E-state index is 12.4. The molecule has 0 aliphatic heterocycles. The van der Waals surface area contributed by atoms with Crippen LogP contribution in [0.2, 0.25) is 0 Å². The standard InChI is InChI=1S/C18H19NO2/c1-21-16-11-9-15(10-12-16)18(20)19-17(14-7-8-14)13-5-3-2-4-6-13/h2-6,9-12,14,17H,7-8H2,1H3,(H,19,20)/t17-/m1/s1. The van der Waals surface area contributed by atoms with Gasteiger partial charge in [-0.25, -0.2) is 0 Å². The lowest BCUT2D eigenvalue weighted by Gasteiger charge is -2.19. The van der Waals surface area contributed by atoms with Gasteiger partial charge in [0.2, 0.25) is 0 Å². The van der Waals surface area contributed by atoms with Crippen molar-refractivity contribution in [2.75, 3.05) is 7.11 Å². The maximum absolute atomic E-state index is 12.4. The van der Waals surface area contributed by atoms with Gasteiger partial charge in [-0.15, -0.1) is 0 Å². The third kappa shape index (κ3) is 3.24. The van der Waals surface area contributed by atoms with Crippen LogP contribution in [-0.4, -0.2) is 13.0 Å². The topological polar surface area (TPSA) is 38.3 Å². The fraction of sp³-hybridized carbons (Fsp3) is 0.278. The van der Waals surface area contributed by atoms with Gasteiger partial charge in [0.15, 0.2) is 0 Å². The van der Waals surface area contributed by atoms with E-state index in [-0.39, 0.29) is 11.9 Å². The first-order valence-corrected chi connectivity index (χ1v) is 7.28. The van der Waals surface area contributed by atoms with Crippen LogP contribution in [0.4, 0.5) is 0 Å². The summed E-state index contributed by atoms with van der Waals surface area (Å²) in [6.45, 7) is 0. The average Bonchev–Trinajstić information content (AvgIpc) is 3.38. The van der Waals surface area contributed by atoms with Crippen molar-refractivity contribution in [2.45, 2.75) is 18.9 Å². The zero-order valence-corrected chi connectivity index (χ0v) is 12.1. The molecule has 108 valence electrons. The van der Waals surface area contributed by atoms with Crippen molar-refractivity contribution < 1.29 is 9.53 Å². The van der Waals surface area contributed by atoms with Crippen LogP contribution in [0.15, 0.2) is 54.6 Å². The normalized spacial score (nSPS) is 15.3. The molecular formula is C18H19NO2. The van der Waals surface area contributed by atoms with Crippen molar-refractivity contribution in [3.63, 3.8) is 0 Å². The molecule has 21 heavy (non-hydrogen) atoms. The summed E-state index contributed by atoms with van der Waals surface area (Å²) in [5.41, 5.74) is 1.85. The number of carbonyl (C=O) groups excluding carboxylic acids is 1. The summed E-state index contributed by atoms with van der Waals surface area (Å²) in [7, 11) is 1.62. The molecule has 3 rings (SSSR count). The molecule has 2 aromatic rings.